The minimum Gasteiger partial charge on any atom is -0.0596 e. The van der Waals surface area contributed by atoms with Crippen molar-refractivity contribution in [2.45, 2.75) is 40.0 Å². The number of hydrogen-bond acceptors (Lipinski definition) is 0. The molecule has 1 aromatic rings. The molecule has 2 rings (SSSR count). The molecule has 0 aromatic heterocycles. The van der Waals surface area contributed by atoms with Crippen molar-refractivity contribution < 1.29 is 0 Å². The molecule has 0 heterocycles. The van der Waals surface area contributed by atoms with E-state index in [9.17, 15) is 0 Å². The first-order chi connectivity index (χ1) is 6.93. The van der Waals surface area contributed by atoms with E-state index in [1.165, 1.54) is 29.3 Å². The monoisotopic (exact) mass is 266 g/mol. The Hall–Kier alpha value is -0.300. The molecule has 0 unspecified atom stereocenters. The standard InChI is InChI=1S/C14H19Br/c1-13(2,3)14(8-9-14)10-11-4-6-12(15)7-5-11/h4-7H,8-10H2,1-3H3. The van der Waals surface area contributed by atoms with Gasteiger partial charge in [-0.3, -0.25) is 0 Å². The fourth-order valence-electron chi connectivity index (χ4n) is 2.34. The van der Waals surface area contributed by atoms with Crippen LogP contribution >= 0.6 is 15.9 Å². The maximum atomic E-state index is 3.48. The zero-order chi connectivity index (χ0) is 11.1. The minimum absolute atomic E-state index is 0.445. The summed E-state index contributed by atoms with van der Waals surface area (Å²) in [5.41, 5.74) is 2.49. The van der Waals surface area contributed by atoms with Gasteiger partial charge in [0.2, 0.25) is 0 Å². The summed E-state index contributed by atoms with van der Waals surface area (Å²) in [7, 11) is 0. The molecule has 0 aliphatic heterocycles. The second-order valence-corrected chi connectivity index (χ2v) is 6.75. The van der Waals surface area contributed by atoms with Crippen LogP contribution in [0.1, 0.15) is 39.2 Å². The summed E-state index contributed by atoms with van der Waals surface area (Å²) < 4.78 is 1.17. The van der Waals surface area contributed by atoms with E-state index >= 15 is 0 Å². The Balaban J connectivity index is 2.13. The maximum absolute atomic E-state index is 3.48. The first kappa shape index (κ1) is 11.2. The maximum Gasteiger partial charge on any atom is 0.0175 e. The van der Waals surface area contributed by atoms with Gasteiger partial charge in [0.25, 0.3) is 0 Å². The van der Waals surface area contributed by atoms with E-state index in [0.717, 1.165) is 0 Å². The van der Waals surface area contributed by atoms with Crippen molar-refractivity contribution in [2.24, 2.45) is 10.8 Å². The molecule has 15 heavy (non-hydrogen) atoms. The highest BCUT2D eigenvalue weighted by Gasteiger charge is 2.51. The van der Waals surface area contributed by atoms with E-state index in [1.54, 1.807) is 0 Å². The summed E-state index contributed by atoms with van der Waals surface area (Å²) >= 11 is 3.48. The van der Waals surface area contributed by atoms with E-state index in [4.69, 9.17) is 0 Å². The number of rotatable bonds is 2. The first-order valence-electron chi connectivity index (χ1n) is 5.67. The highest BCUT2D eigenvalue weighted by Crippen LogP contribution is 2.60. The fourth-order valence-corrected chi connectivity index (χ4v) is 2.60. The average molecular weight is 267 g/mol. The topological polar surface area (TPSA) is 0 Å². The Kier molecular flexibility index (Phi) is 2.70. The van der Waals surface area contributed by atoms with Gasteiger partial charge in [-0.2, -0.15) is 0 Å². The molecule has 0 N–H and O–H groups in total. The Labute approximate surface area is 101 Å². The Morgan fingerprint density at radius 3 is 2.07 bits per heavy atom. The molecule has 82 valence electrons. The average Bonchev–Trinajstić information content (AvgIpc) is 2.89. The molecule has 1 aliphatic carbocycles. The fraction of sp³-hybridized carbons (Fsp3) is 0.571. The Bertz CT molecular complexity index is 339. The molecular formula is C14H19Br. The third-order valence-electron chi connectivity index (χ3n) is 3.90. The summed E-state index contributed by atoms with van der Waals surface area (Å²) in [6, 6.07) is 8.79. The Morgan fingerprint density at radius 1 is 1.13 bits per heavy atom. The van der Waals surface area contributed by atoms with Crippen LogP contribution in [0.2, 0.25) is 0 Å². The molecule has 1 aromatic carbocycles. The second-order valence-electron chi connectivity index (χ2n) is 5.83. The molecule has 0 bridgehead atoms. The van der Waals surface area contributed by atoms with Crippen LogP contribution in [-0.4, -0.2) is 0 Å². The summed E-state index contributed by atoms with van der Waals surface area (Å²) in [4.78, 5) is 0. The SMILES string of the molecule is CC(C)(C)C1(Cc2ccc(Br)cc2)CC1. The number of halogens is 1. The van der Waals surface area contributed by atoms with Crippen LogP contribution in [0, 0.1) is 10.8 Å². The smallest absolute Gasteiger partial charge is 0.0175 e. The zero-order valence-electron chi connectivity index (χ0n) is 9.81. The van der Waals surface area contributed by atoms with Gasteiger partial charge in [0.15, 0.2) is 0 Å². The van der Waals surface area contributed by atoms with Crippen LogP contribution < -0.4 is 0 Å². The quantitative estimate of drug-likeness (QED) is 0.720. The second kappa shape index (κ2) is 3.62. The van der Waals surface area contributed by atoms with Gasteiger partial charge in [0.1, 0.15) is 0 Å². The zero-order valence-corrected chi connectivity index (χ0v) is 11.4. The van der Waals surface area contributed by atoms with Gasteiger partial charge in [-0.15, -0.1) is 0 Å². The van der Waals surface area contributed by atoms with Crippen molar-refractivity contribution in [2.75, 3.05) is 0 Å². The highest BCUT2D eigenvalue weighted by atomic mass is 79.9. The van der Waals surface area contributed by atoms with Crippen molar-refractivity contribution in [3.63, 3.8) is 0 Å². The molecule has 1 saturated carbocycles. The lowest BCUT2D eigenvalue weighted by atomic mass is 9.74. The lowest BCUT2D eigenvalue weighted by Gasteiger charge is -2.31. The summed E-state index contributed by atoms with van der Waals surface area (Å²) in [6.45, 7) is 7.12. The molecule has 0 amide bonds. The third-order valence-corrected chi connectivity index (χ3v) is 4.43. The minimum atomic E-state index is 0.445. The van der Waals surface area contributed by atoms with Crippen LogP contribution in [0.5, 0.6) is 0 Å². The van der Waals surface area contributed by atoms with Gasteiger partial charge >= 0.3 is 0 Å². The van der Waals surface area contributed by atoms with Crippen LogP contribution in [0.4, 0.5) is 0 Å². The predicted octanol–water partition coefficient (Wildman–Crippen LogP) is 4.82. The largest absolute Gasteiger partial charge is 0.0596 e. The van der Waals surface area contributed by atoms with Gasteiger partial charge < -0.3 is 0 Å². The van der Waals surface area contributed by atoms with Gasteiger partial charge in [-0.05, 0) is 47.8 Å². The van der Waals surface area contributed by atoms with Crippen LogP contribution in [0.25, 0.3) is 0 Å². The lowest BCUT2D eigenvalue weighted by Crippen LogP contribution is -2.24. The molecule has 0 radical (unpaired) electrons. The molecule has 0 spiro atoms. The normalized spacial score (nSPS) is 18.9. The molecule has 0 saturated heterocycles. The van der Waals surface area contributed by atoms with Crippen molar-refractivity contribution in [3.8, 4) is 0 Å². The lowest BCUT2D eigenvalue weighted by molar-refractivity contribution is 0.212. The molecular weight excluding hydrogens is 248 g/mol. The van der Waals surface area contributed by atoms with E-state index < -0.39 is 0 Å². The summed E-state index contributed by atoms with van der Waals surface area (Å²) in [6.07, 6.45) is 4.03. The third kappa shape index (κ3) is 2.28. The summed E-state index contributed by atoms with van der Waals surface area (Å²) in [5, 5.41) is 0. The molecule has 1 aliphatic rings. The van der Waals surface area contributed by atoms with Crippen molar-refractivity contribution in [3.05, 3.63) is 34.3 Å². The molecule has 0 nitrogen and oxygen atoms in total. The van der Waals surface area contributed by atoms with Crippen molar-refractivity contribution in [1.82, 2.24) is 0 Å². The van der Waals surface area contributed by atoms with Gasteiger partial charge in [0.05, 0.1) is 0 Å². The van der Waals surface area contributed by atoms with Gasteiger partial charge in [0, 0.05) is 4.47 Å². The van der Waals surface area contributed by atoms with E-state index in [0.29, 0.717) is 10.8 Å². The van der Waals surface area contributed by atoms with Crippen LogP contribution in [0.3, 0.4) is 0 Å². The molecule has 1 heteroatoms. The van der Waals surface area contributed by atoms with E-state index in [1.807, 2.05) is 0 Å². The van der Waals surface area contributed by atoms with E-state index in [2.05, 4.69) is 61.0 Å². The van der Waals surface area contributed by atoms with Gasteiger partial charge in [-0.1, -0.05) is 48.8 Å². The van der Waals surface area contributed by atoms with E-state index in [-0.39, 0.29) is 0 Å². The molecule has 1 fully saturated rings. The van der Waals surface area contributed by atoms with Crippen molar-refractivity contribution >= 4 is 15.9 Å². The van der Waals surface area contributed by atoms with Crippen LogP contribution in [-0.2, 0) is 6.42 Å². The number of hydrogen-bond donors (Lipinski definition) is 0. The highest BCUT2D eigenvalue weighted by molar-refractivity contribution is 9.10. The van der Waals surface area contributed by atoms with Gasteiger partial charge in [-0.25, -0.2) is 0 Å². The molecule has 0 atom stereocenters. The first-order valence-corrected chi connectivity index (χ1v) is 6.47. The summed E-state index contributed by atoms with van der Waals surface area (Å²) in [5.74, 6) is 0. The van der Waals surface area contributed by atoms with Crippen LogP contribution in [0.15, 0.2) is 28.7 Å². The number of benzene rings is 1. The van der Waals surface area contributed by atoms with Crippen molar-refractivity contribution in [1.29, 1.82) is 0 Å². The predicted molar refractivity (Wildman–Crippen MR) is 69.0 cm³/mol. The Morgan fingerprint density at radius 2 is 1.67 bits per heavy atom.